The van der Waals surface area contributed by atoms with E-state index in [1.807, 2.05) is 38.1 Å². The molecule has 2 amide bonds. The Morgan fingerprint density at radius 3 is 2.46 bits per heavy atom. The molecule has 0 aliphatic heterocycles. The van der Waals surface area contributed by atoms with Crippen LogP contribution in [0.3, 0.4) is 0 Å². The molecule has 7 nitrogen and oxygen atoms in total. The van der Waals surface area contributed by atoms with Gasteiger partial charge in [-0.05, 0) is 25.5 Å². The number of fused-ring (bicyclic) bond motifs is 1. The smallest absolute Gasteiger partial charge is 0.310 e. The van der Waals surface area contributed by atoms with Crippen molar-refractivity contribution < 1.29 is 19.1 Å². The summed E-state index contributed by atoms with van der Waals surface area (Å²) in [6, 6.07) is 7.66. The van der Waals surface area contributed by atoms with Crippen molar-refractivity contribution in [2.45, 2.75) is 20.3 Å². The van der Waals surface area contributed by atoms with Crippen LogP contribution in [-0.4, -0.2) is 65.9 Å². The van der Waals surface area contributed by atoms with E-state index in [1.54, 1.807) is 11.1 Å². The number of aromatic nitrogens is 1. The third kappa shape index (κ3) is 4.84. The predicted molar refractivity (Wildman–Crippen MR) is 98.5 cm³/mol. The maximum absolute atomic E-state index is 12.1. The number of nitrogens with one attached hydrogen (secondary N) is 1. The maximum atomic E-state index is 12.1. The molecule has 0 aliphatic rings. The highest BCUT2D eigenvalue weighted by atomic mass is 16.5. The number of hydrogen-bond acceptors (Lipinski definition) is 4. The minimum absolute atomic E-state index is 0.0273. The van der Waals surface area contributed by atoms with Gasteiger partial charge in [-0.3, -0.25) is 14.4 Å². The van der Waals surface area contributed by atoms with Gasteiger partial charge in [-0.25, -0.2) is 0 Å². The molecule has 1 N–H and O–H groups in total. The summed E-state index contributed by atoms with van der Waals surface area (Å²) in [6.45, 7) is 4.56. The van der Waals surface area contributed by atoms with Crippen molar-refractivity contribution in [3.63, 3.8) is 0 Å². The molecule has 0 saturated heterocycles. The van der Waals surface area contributed by atoms with Gasteiger partial charge < -0.3 is 19.5 Å². The number of hydrogen-bond donors (Lipinski definition) is 1. The van der Waals surface area contributed by atoms with E-state index in [0.717, 1.165) is 16.5 Å². The third-order valence-corrected chi connectivity index (χ3v) is 4.28. The molecular formula is C19H25N3O4. The number of aromatic amines is 1. The standard InChI is InChI=1S/C19H25N3O4/c1-4-22(5-2)17(23)12-21(3)18(24)13-26-19(25)10-14-11-20-16-9-7-6-8-15(14)16/h6-9,11,20H,4-5,10,12-13H2,1-3H3. The van der Waals surface area contributed by atoms with E-state index in [0.29, 0.717) is 13.1 Å². The molecule has 0 aliphatic carbocycles. The Balaban J connectivity index is 1.82. The molecule has 0 saturated carbocycles. The molecule has 0 fully saturated rings. The minimum atomic E-state index is -0.480. The number of nitrogens with zero attached hydrogens (tertiary/aromatic N) is 2. The van der Waals surface area contributed by atoms with E-state index in [2.05, 4.69) is 4.98 Å². The summed E-state index contributed by atoms with van der Waals surface area (Å²) >= 11 is 0. The van der Waals surface area contributed by atoms with Gasteiger partial charge in [0.2, 0.25) is 5.91 Å². The molecule has 0 radical (unpaired) electrons. The highest BCUT2D eigenvalue weighted by molar-refractivity contribution is 5.89. The molecule has 2 aromatic rings. The quantitative estimate of drug-likeness (QED) is 0.726. The summed E-state index contributed by atoms with van der Waals surface area (Å²) in [5.41, 5.74) is 1.77. The van der Waals surface area contributed by atoms with Crippen LogP contribution in [0, 0.1) is 0 Å². The van der Waals surface area contributed by atoms with Crippen molar-refractivity contribution in [2.75, 3.05) is 33.3 Å². The second kappa shape index (κ2) is 9.03. The second-order valence-electron chi connectivity index (χ2n) is 6.01. The van der Waals surface area contributed by atoms with Crippen molar-refractivity contribution in [3.05, 3.63) is 36.0 Å². The molecule has 0 unspecified atom stereocenters. The average Bonchev–Trinajstić information content (AvgIpc) is 3.03. The molecule has 0 spiro atoms. The Morgan fingerprint density at radius 1 is 1.08 bits per heavy atom. The van der Waals surface area contributed by atoms with Gasteiger partial charge in [0.1, 0.15) is 0 Å². The van der Waals surface area contributed by atoms with Crippen LogP contribution in [0.2, 0.25) is 0 Å². The van der Waals surface area contributed by atoms with Gasteiger partial charge in [0.05, 0.1) is 13.0 Å². The molecule has 140 valence electrons. The van der Waals surface area contributed by atoms with Gasteiger partial charge in [0.15, 0.2) is 6.61 Å². The van der Waals surface area contributed by atoms with Crippen molar-refractivity contribution in [1.29, 1.82) is 0 Å². The third-order valence-electron chi connectivity index (χ3n) is 4.28. The molecule has 0 atom stereocenters. The first-order valence-electron chi connectivity index (χ1n) is 8.68. The van der Waals surface area contributed by atoms with Gasteiger partial charge in [-0.15, -0.1) is 0 Å². The van der Waals surface area contributed by atoms with Gasteiger partial charge >= 0.3 is 5.97 Å². The number of likely N-dealkylation sites (N-methyl/N-ethyl adjacent to an activating group) is 2. The number of rotatable bonds is 8. The Hall–Kier alpha value is -2.83. The molecule has 0 bridgehead atoms. The lowest BCUT2D eigenvalue weighted by atomic mass is 10.1. The summed E-state index contributed by atoms with van der Waals surface area (Å²) in [4.78, 5) is 42.1. The Kier molecular flexibility index (Phi) is 6.77. The van der Waals surface area contributed by atoms with Crippen LogP contribution >= 0.6 is 0 Å². The number of benzene rings is 1. The van der Waals surface area contributed by atoms with E-state index in [4.69, 9.17) is 4.74 Å². The molecule has 26 heavy (non-hydrogen) atoms. The highest BCUT2D eigenvalue weighted by Gasteiger charge is 2.18. The van der Waals surface area contributed by atoms with E-state index in [1.165, 1.54) is 11.9 Å². The van der Waals surface area contributed by atoms with Crippen LogP contribution in [0.5, 0.6) is 0 Å². The van der Waals surface area contributed by atoms with Gasteiger partial charge in [-0.1, -0.05) is 18.2 Å². The number of H-pyrrole nitrogens is 1. The number of carbonyl (C=O) groups is 3. The van der Waals surface area contributed by atoms with Gasteiger partial charge in [0.25, 0.3) is 5.91 Å². The number of ether oxygens (including phenoxy) is 1. The fraction of sp³-hybridized carbons (Fsp3) is 0.421. The number of para-hydroxylation sites is 1. The predicted octanol–water partition coefficient (Wildman–Crippen LogP) is 1.58. The zero-order valence-corrected chi connectivity index (χ0v) is 15.4. The largest absolute Gasteiger partial charge is 0.455 e. The molecule has 1 heterocycles. The first-order valence-corrected chi connectivity index (χ1v) is 8.68. The number of carbonyl (C=O) groups excluding carboxylic acids is 3. The van der Waals surface area contributed by atoms with Crippen molar-refractivity contribution >= 4 is 28.7 Å². The summed E-state index contributed by atoms with van der Waals surface area (Å²) in [7, 11) is 1.53. The average molecular weight is 359 g/mol. The zero-order valence-electron chi connectivity index (χ0n) is 15.4. The maximum Gasteiger partial charge on any atom is 0.310 e. The lowest BCUT2D eigenvalue weighted by Crippen LogP contribution is -2.42. The molecule has 2 rings (SSSR count). The first kappa shape index (κ1) is 19.5. The van der Waals surface area contributed by atoms with Crippen LogP contribution < -0.4 is 0 Å². The highest BCUT2D eigenvalue weighted by Crippen LogP contribution is 2.18. The summed E-state index contributed by atoms with van der Waals surface area (Å²) in [5, 5.41) is 0.956. The fourth-order valence-corrected chi connectivity index (χ4v) is 2.70. The summed E-state index contributed by atoms with van der Waals surface area (Å²) in [6.07, 6.45) is 1.85. The van der Waals surface area contributed by atoms with Crippen molar-refractivity contribution in [1.82, 2.24) is 14.8 Å². The van der Waals surface area contributed by atoms with Crippen molar-refractivity contribution in [2.24, 2.45) is 0 Å². The Morgan fingerprint density at radius 2 is 1.77 bits per heavy atom. The van der Waals surface area contributed by atoms with Gasteiger partial charge in [0, 0.05) is 37.2 Å². The van der Waals surface area contributed by atoms with E-state index in [9.17, 15) is 14.4 Å². The minimum Gasteiger partial charge on any atom is -0.455 e. The van der Waals surface area contributed by atoms with E-state index in [-0.39, 0.29) is 25.5 Å². The molecular weight excluding hydrogens is 334 g/mol. The van der Waals surface area contributed by atoms with Gasteiger partial charge in [-0.2, -0.15) is 0 Å². The number of amides is 2. The lowest BCUT2D eigenvalue weighted by molar-refractivity contribution is -0.152. The summed E-state index contributed by atoms with van der Waals surface area (Å²) in [5.74, 6) is -1.01. The van der Waals surface area contributed by atoms with E-state index < -0.39 is 11.9 Å². The Bertz CT molecular complexity index is 780. The van der Waals surface area contributed by atoms with Crippen LogP contribution in [0.15, 0.2) is 30.5 Å². The Labute approximate surface area is 152 Å². The van der Waals surface area contributed by atoms with Crippen LogP contribution in [-0.2, 0) is 25.5 Å². The zero-order chi connectivity index (χ0) is 19.1. The topological polar surface area (TPSA) is 82.7 Å². The fourth-order valence-electron chi connectivity index (χ4n) is 2.70. The number of esters is 1. The molecule has 1 aromatic carbocycles. The van der Waals surface area contributed by atoms with Crippen LogP contribution in [0.1, 0.15) is 19.4 Å². The first-order chi connectivity index (χ1) is 12.5. The molecule has 7 heteroatoms. The normalized spacial score (nSPS) is 10.6. The second-order valence-corrected chi connectivity index (χ2v) is 6.01. The molecule has 1 aromatic heterocycles. The summed E-state index contributed by atoms with van der Waals surface area (Å²) < 4.78 is 5.07. The SMILES string of the molecule is CCN(CC)C(=O)CN(C)C(=O)COC(=O)Cc1c[nH]c2ccccc12. The lowest BCUT2D eigenvalue weighted by Gasteiger charge is -2.23. The van der Waals surface area contributed by atoms with E-state index >= 15 is 0 Å². The van der Waals surface area contributed by atoms with Crippen LogP contribution in [0.4, 0.5) is 0 Å². The van der Waals surface area contributed by atoms with Crippen LogP contribution in [0.25, 0.3) is 10.9 Å². The monoisotopic (exact) mass is 359 g/mol. The van der Waals surface area contributed by atoms with Crippen molar-refractivity contribution in [3.8, 4) is 0 Å².